The van der Waals surface area contributed by atoms with E-state index < -0.39 is 0 Å². The van der Waals surface area contributed by atoms with Gasteiger partial charge in [0, 0.05) is 34.6 Å². The minimum Gasteiger partial charge on any atom is -0.264 e. The van der Waals surface area contributed by atoms with Gasteiger partial charge in [0.25, 0.3) is 0 Å². The molecule has 0 aliphatic heterocycles. The zero-order chi connectivity index (χ0) is 34.7. The molecule has 7 aromatic carbocycles. The lowest BCUT2D eigenvalue weighted by Gasteiger charge is -2.15. The molecule has 0 unspecified atom stereocenters. The standard InChI is InChI=1S/C48H32N4/c1-4-14-34(15-5-1)44-25-24-38(31-45(44)35-16-6-2-7-17-35)41-28-42(40-21-12-26-49-32-40)30-43(29-41)48-51-46(36-18-8-3-9-19-36)50-47(52-48)39-23-22-33-13-10-11-20-37(33)27-39/h1-32H. The summed E-state index contributed by atoms with van der Waals surface area (Å²) in [4.78, 5) is 19.7. The largest absolute Gasteiger partial charge is 0.264 e. The van der Waals surface area contributed by atoms with Crippen LogP contribution in [0.3, 0.4) is 0 Å². The van der Waals surface area contributed by atoms with Gasteiger partial charge in [0.2, 0.25) is 0 Å². The molecule has 0 aliphatic rings. The van der Waals surface area contributed by atoms with Gasteiger partial charge in [-0.2, -0.15) is 0 Å². The van der Waals surface area contributed by atoms with Crippen LogP contribution in [0, 0.1) is 0 Å². The molecule has 4 nitrogen and oxygen atoms in total. The molecule has 0 radical (unpaired) electrons. The van der Waals surface area contributed by atoms with Crippen LogP contribution in [0.5, 0.6) is 0 Å². The summed E-state index contributed by atoms with van der Waals surface area (Å²) in [6, 6.07) is 63.4. The Morgan fingerprint density at radius 1 is 0.269 bits per heavy atom. The molecule has 2 aromatic heterocycles. The molecule has 52 heavy (non-hydrogen) atoms. The zero-order valence-corrected chi connectivity index (χ0v) is 28.3. The first-order valence-corrected chi connectivity index (χ1v) is 17.4. The molecule has 244 valence electrons. The van der Waals surface area contributed by atoms with Gasteiger partial charge in [-0.15, -0.1) is 0 Å². The third-order valence-electron chi connectivity index (χ3n) is 9.38. The minimum absolute atomic E-state index is 0.605. The highest BCUT2D eigenvalue weighted by Gasteiger charge is 2.16. The van der Waals surface area contributed by atoms with E-state index in [4.69, 9.17) is 15.0 Å². The van der Waals surface area contributed by atoms with E-state index in [-0.39, 0.29) is 0 Å². The summed E-state index contributed by atoms with van der Waals surface area (Å²) in [7, 11) is 0. The molecule has 0 atom stereocenters. The molecular formula is C48H32N4. The zero-order valence-electron chi connectivity index (χ0n) is 28.3. The average molecular weight is 665 g/mol. The van der Waals surface area contributed by atoms with Crippen LogP contribution in [-0.4, -0.2) is 19.9 Å². The number of hydrogen-bond acceptors (Lipinski definition) is 4. The first-order chi connectivity index (χ1) is 25.7. The maximum Gasteiger partial charge on any atom is 0.164 e. The fraction of sp³-hybridized carbons (Fsp3) is 0. The van der Waals surface area contributed by atoms with Crippen LogP contribution in [0.1, 0.15) is 0 Å². The van der Waals surface area contributed by atoms with E-state index in [1.54, 1.807) is 6.20 Å². The Kier molecular flexibility index (Phi) is 8.16. The molecule has 0 saturated carbocycles. The summed E-state index contributed by atoms with van der Waals surface area (Å²) >= 11 is 0. The van der Waals surface area contributed by atoms with Gasteiger partial charge in [0.15, 0.2) is 17.5 Å². The van der Waals surface area contributed by atoms with Crippen molar-refractivity contribution in [2.75, 3.05) is 0 Å². The molecule has 0 N–H and O–H groups in total. The molecular weight excluding hydrogens is 633 g/mol. The van der Waals surface area contributed by atoms with E-state index in [2.05, 4.69) is 151 Å². The van der Waals surface area contributed by atoms with E-state index in [0.717, 1.165) is 49.9 Å². The highest BCUT2D eigenvalue weighted by Crippen LogP contribution is 2.38. The summed E-state index contributed by atoms with van der Waals surface area (Å²) in [6.45, 7) is 0. The van der Waals surface area contributed by atoms with E-state index >= 15 is 0 Å². The maximum atomic E-state index is 5.16. The lowest BCUT2D eigenvalue weighted by molar-refractivity contribution is 1.07. The first-order valence-electron chi connectivity index (χ1n) is 17.4. The van der Waals surface area contributed by atoms with Gasteiger partial charge in [0.1, 0.15) is 0 Å². The van der Waals surface area contributed by atoms with Crippen molar-refractivity contribution in [1.29, 1.82) is 0 Å². The molecule has 4 heteroatoms. The van der Waals surface area contributed by atoms with Crippen molar-refractivity contribution in [1.82, 2.24) is 19.9 Å². The Morgan fingerprint density at radius 2 is 0.788 bits per heavy atom. The van der Waals surface area contributed by atoms with Crippen molar-refractivity contribution >= 4 is 10.8 Å². The summed E-state index contributed by atoms with van der Waals surface area (Å²) in [6.07, 6.45) is 3.71. The predicted octanol–water partition coefficient (Wildman–Crippen LogP) is 12.1. The number of hydrogen-bond donors (Lipinski definition) is 0. The Balaban J connectivity index is 1.25. The van der Waals surface area contributed by atoms with Gasteiger partial charge in [-0.3, -0.25) is 4.98 Å². The SMILES string of the molecule is c1ccc(-c2nc(-c3cc(-c4cccnc4)cc(-c4ccc(-c5ccccc5)c(-c5ccccc5)c4)c3)nc(-c3ccc4ccccc4c3)n2)cc1. The van der Waals surface area contributed by atoms with Crippen LogP contribution in [0.2, 0.25) is 0 Å². The molecule has 0 bridgehead atoms. The van der Waals surface area contributed by atoms with Crippen LogP contribution >= 0.6 is 0 Å². The number of benzene rings is 7. The second kappa shape index (κ2) is 13.7. The average Bonchev–Trinajstić information content (AvgIpc) is 3.24. The predicted molar refractivity (Wildman–Crippen MR) is 213 cm³/mol. The Bertz CT molecular complexity index is 2660. The number of fused-ring (bicyclic) bond motifs is 1. The second-order valence-corrected chi connectivity index (χ2v) is 12.8. The van der Waals surface area contributed by atoms with E-state index in [1.807, 2.05) is 42.6 Å². The number of pyridine rings is 1. The van der Waals surface area contributed by atoms with Crippen molar-refractivity contribution in [3.05, 3.63) is 194 Å². The van der Waals surface area contributed by atoms with Crippen molar-refractivity contribution in [3.8, 4) is 78.7 Å². The number of aromatic nitrogens is 4. The molecule has 0 fully saturated rings. The molecule has 0 saturated heterocycles. The molecule has 0 spiro atoms. The Hall–Kier alpha value is -7.04. The van der Waals surface area contributed by atoms with E-state index in [0.29, 0.717) is 17.5 Å². The number of nitrogens with zero attached hydrogens (tertiary/aromatic N) is 4. The molecule has 2 heterocycles. The van der Waals surface area contributed by atoms with Crippen molar-refractivity contribution in [3.63, 3.8) is 0 Å². The van der Waals surface area contributed by atoms with Crippen molar-refractivity contribution in [2.45, 2.75) is 0 Å². The normalized spacial score (nSPS) is 11.1. The quantitative estimate of drug-likeness (QED) is 0.170. The summed E-state index contributed by atoms with van der Waals surface area (Å²) in [5.74, 6) is 1.86. The van der Waals surface area contributed by atoms with Gasteiger partial charge < -0.3 is 0 Å². The van der Waals surface area contributed by atoms with Crippen molar-refractivity contribution in [2.24, 2.45) is 0 Å². The smallest absolute Gasteiger partial charge is 0.164 e. The van der Waals surface area contributed by atoms with Gasteiger partial charge in [-0.05, 0) is 86.1 Å². The highest BCUT2D eigenvalue weighted by molar-refractivity contribution is 5.89. The van der Waals surface area contributed by atoms with Crippen LogP contribution in [-0.2, 0) is 0 Å². The molecule has 0 aliphatic carbocycles. The third kappa shape index (κ3) is 6.26. The lowest BCUT2D eigenvalue weighted by Crippen LogP contribution is -2.00. The molecule has 9 aromatic rings. The van der Waals surface area contributed by atoms with Crippen LogP contribution in [0.25, 0.3) is 89.4 Å². The maximum absolute atomic E-state index is 5.16. The van der Waals surface area contributed by atoms with Crippen LogP contribution < -0.4 is 0 Å². The fourth-order valence-corrected chi connectivity index (χ4v) is 6.75. The Morgan fingerprint density at radius 3 is 1.46 bits per heavy atom. The van der Waals surface area contributed by atoms with Gasteiger partial charge in [0.05, 0.1) is 0 Å². The van der Waals surface area contributed by atoms with Crippen LogP contribution in [0.4, 0.5) is 0 Å². The topological polar surface area (TPSA) is 51.6 Å². The van der Waals surface area contributed by atoms with Gasteiger partial charge >= 0.3 is 0 Å². The van der Waals surface area contributed by atoms with Crippen LogP contribution in [0.15, 0.2) is 194 Å². The first kappa shape index (κ1) is 31.0. The summed E-state index contributed by atoms with van der Waals surface area (Å²) in [5, 5.41) is 2.31. The van der Waals surface area contributed by atoms with Gasteiger partial charge in [-0.25, -0.2) is 15.0 Å². The van der Waals surface area contributed by atoms with E-state index in [1.165, 1.54) is 22.1 Å². The summed E-state index contributed by atoms with van der Waals surface area (Å²) in [5.41, 5.74) is 11.7. The fourth-order valence-electron chi connectivity index (χ4n) is 6.75. The molecule has 9 rings (SSSR count). The third-order valence-corrected chi connectivity index (χ3v) is 9.38. The highest BCUT2D eigenvalue weighted by atomic mass is 15.0. The lowest BCUT2D eigenvalue weighted by atomic mass is 9.90. The van der Waals surface area contributed by atoms with Crippen molar-refractivity contribution < 1.29 is 0 Å². The minimum atomic E-state index is 0.605. The Labute approximate surface area is 302 Å². The summed E-state index contributed by atoms with van der Waals surface area (Å²) < 4.78 is 0. The molecule has 0 amide bonds. The monoisotopic (exact) mass is 664 g/mol. The second-order valence-electron chi connectivity index (χ2n) is 12.8. The van der Waals surface area contributed by atoms with Gasteiger partial charge in [-0.1, -0.05) is 146 Å². The number of rotatable bonds is 7. The van der Waals surface area contributed by atoms with E-state index in [9.17, 15) is 0 Å².